The van der Waals surface area contributed by atoms with E-state index >= 15 is 0 Å². The zero-order valence-electron chi connectivity index (χ0n) is 11.0. The molecule has 0 aromatic heterocycles. The van der Waals surface area contributed by atoms with Gasteiger partial charge in [0.05, 0.1) is 5.56 Å². The van der Waals surface area contributed by atoms with Gasteiger partial charge in [-0.25, -0.2) is 0 Å². The number of carbonyl (C=O) groups is 1. The lowest BCUT2D eigenvalue weighted by molar-refractivity contribution is 0.0955. The third-order valence-electron chi connectivity index (χ3n) is 2.76. The Labute approximate surface area is 137 Å². The van der Waals surface area contributed by atoms with Crippen molar-refractivity contribution >= 4 is 40.3 Å². The van der Waals surface area contributed by atoms with Crippen LogP contribution in [0.15, 0.2) is 54.6 Å². The van der Waals surface area contributed by atoms with Crippen LogP contribution in [-0.2, 0) is 5.75 Å². The molecule has 0 radical (unpaired) electrons. The third-order valence-corrected chi connectivity index (χ3v) is 4.73. The van der Waals surface area contributed by atoms with Gasteiger partial charge in [0.15, 0.2) is 0 Å². The second-order valence-electron chi connectivity index (χ2n) is 4.27. The van der Waals surface area contributed by atoms with Crippen LogP contribution in [0.25, 0.3) is 0 Å². The molecule has 0 aliphatic carbocycles. The second kappa shape index (κ2) is 8.32. The molecule has 0 aliphatic rings. The van der Waals surface area contributed by atoms with E-state index in [1.165, 1.54) is 5.56 Å². The van der Waals surface area contributed by atoms with Gasteiger partial charge in [-0.3, -0.25) is 4.79 Å². The van der Waals surface area contributed by atoms with Gasteiger partial charge in [-0.05, 0) is 40.3 Å². The molecule has 0 bridgehead atoms. The van der Waals surface area contributed by atoms with Crippen molar-refractivity contribution in [2.45, 2.75) is 5.75 Å². The molecule has 4 heteroatoms. The SMILES string of the molecule is O=C(NCCSCc1ccccc1)c1ccccc1I. The van der Waals surface area contributed by atoms with Crippen molar-refractivity contribution in [1.82, 2.24) is 5.32 Å². The Hall–Kier alpha value is -1.01. The highest BCUT2D eigenvalue weighted by atomic mass is 127. The minimum absolute atomic E-state index is 0.00955. The van der Waals surface area contributed by atoms with Crippen LogP contribution >= 0.6 is 34.4 Å². The minimum atomic E-state index is 0.00955. The molecule has 0 saturated carbocycles. The number of hydrogen-bond donors (Lipinski definition) is 1. The van der Waals surface area contributed by atoms with Gasteiger partial charge in [-0.1, -0.05) is 42.5 Å². The van der Waals surface area contributed by atoms with Crippen molar-refractivity contribution in [3.8, 4) is 0 Å². The van der Waals surface area contributed by atoms with E-state index in [1.807, 2.05) is 42.1 Å². The van der Waals surface area contributed by atoms with Gasteiger partial charge < -0.3 is 5.32 Å². The number of thioether (sulfide) groups is 1. The summed E-state index contributed by atoms with van der Waals surface area (Å²) < 4.78 is 0.986. The summed E-state index contributed by atoms with van der Waals surface area (Å²) in [6, 6.07) is 18.0. The van der Waals surface area contributed by atoms with Crippen LogP contribution in [0.3, 0.4) is 0 Å². The van der Waals surface area contributed by atoms with Crippen LogP contribution in [0, 0.1) is 3.57 Å². The molecule has 2 rings (SSSR count). The lowest BCUT2D eigenvalue weighted by atomic mass is 10.2. The summed E-state index contributed by atoms with van der Waals surface area (Å²) in [5.41, 5.74) is 2.07. The molecule has 1 N–H and O–H groups in total. The van der Waals surface area contributed by atoms with Gasteiger partial charge in [0.2, 0.25) is 0 Å². The summed E-state index contributed by atoms with van der Waals surface area (Å²) in [7, 11) is 0. The Balaban J connectivity index is 1.69. The minimum Gasteiger partial charge on any atom is -0.351 e. The van der Waals surface area contributed by atoms with E-state index in [0.717, 1.165) is 20.6 Å². The Morgan fingerprint density at radius 3 is 2.50 bits per heavy atom. The number of hydrogen-bond acceptors (Lipinski definition) is 2. The van der Waals surface area contributed by atoms with Crippen molar-refractivity contribution in [2.75, 3.05) is 12.3 Å². The van der Waals surface area contributed by atoms with Crippen LogP contribution in [0.5, 0.6) is 0 Å². The maximum absolute atomic E-state index is 12.0. The van der Waals surface area contributed by atoms with Gasteiger partial charge in [0.1, 0.15) is 0 Å². The van der Waals surface area contributed by atoms with E-state index in [-0.39, 0.29) is 5.91 Å². The molecule has 0 spiro atoms. The first-order valence-corrected chi connectivity index (χ1v) is 8.65. The fourth-order valence-corrected chi connectivity index (χ4v) is 3.19. The van der Waals surface area contributed by atoms with E-state index in [1.54, 1.807) is 0 Å². The molecule has 0 aliphatic heterocycles. The van der Waals surface area contributed by atoms with Crippen LogP contribution < -0.4 is 5.32 Å². The summed E-state index contributed by atoms with van der Waals surface area (Å²) >= 11 is 4.02. The average molecular weight is 397 g/mol. The summed E-state index contributed by atoms with van der Waals surface area (Å²) in [5.74, 6) is 1.92. The standard InChI is InChI=1S/C16H16INOS/c17-15-9-5-4-8-14(15)16(19)18-10-11-20-12-13-6-2-1-3-7-13/h1-9H,10-12H2,(H,18,19). The van der Waals surface area contributed by atoms with Crippen LogP contribution in [0.1, 0.15) is 15.9 Å². The van der Waals surface area contributed by atoms with E-state index in [0.29, 0.717) is 6.54 Å². The highest BCUT2D eigenvalue weighted by Gasteiger charge is 2.07. The molecule has 0 unspecified atom stereocenters. The molecular formula is C16H16INOS. The van der Waals surface area contributed by atoms with Crippen molar-refractivity contribution in [2.24, 2.45) is 0 Å². The van der Waals surface area contributed by atoms with E-state index in [2.05, 4.69) is 52.2 Å². The molecule has 2 aromatic rings. The molecule has 0 heterocycles. The van der Waals surface area contributed by atoms with Crippen molar-refractivity contribution in [1.29, 1.82) is 0 Å². The zero-order valence-corrected chi connectivity index (χ0v) is 14.0. The van der Waals surface area contributed by atoms with E-state index < -0.39 is 0 Å². The van der Waals surface area contributed by atoms with Crippen molar-refractivity contribution in [3.63, 3.8) is 0 Å². The van der Waals surface area contributed by atoms with Gasteiger partial charge in [0.25, 0.3) is 5.91 Å². The topological polar surface area (TPSA) is 29.1 Å². The van der Waals surface area contributed by atoms with Crippen LogP contribution in [0.4, 0.5) is 0 Å². The van der Waals surface area contributed by atoms with Crippen LogP contribution in [-0.4, -0.2) is 18.2 Å². The number of halogens is 1. The largest absolute Gasteiger partial charge is 0.351 e. The first-order valence-electron chi connectivity index (χ1n) is 6.42. The molecule has 0 saturated heterocycles. The normalized spacial score (nSPS) is 10.2. The third kappa shape index (κ3) is 4.83. The highest BCUT2D eigenvalue weighted by molar-refractivity contribution is 14.1. The lowest BCUT2D eigenvalue weighted by Gasteiger charge is -2.06. The number of rotatable bonds is 6. The Morgan fingerprint density at radius 1 is 1.05 bits per heavy atom. The van der Waals surface area contributed by atoms with Crippen molar-refractivity contribution in [3.05, 3.63) is 69.3 Å². The Morgan fingerprint density at radius 2 is 1.75 bits per heavy atom. The molecular weight excluding hydrogens is 381 g/mol. The van der Waals surface area contributed by atoms with Crippen LogP contribution in [0.2, 0.25) is 0 Å². The monoisotopic (exact) mass is 397 g/mol. The summed E-state index contributed by atoms with van der Waals surface area (Å²) in [6.45, 7) is 0.696. The zero-order chi connectivity index (χ0) is 14.2. The van der Waals surface area contributed by atoms with Gasteiger partial charge in [-0.2, -0.15) is 11.8 Å². The summed E-state index contributed by atoms with van der Waals surface area (Å²) in [4.78, 5) is 12.0. The molecule has 20 heavy (non-hydrogen) atoms. The smallest absolute Gasteiger partial charge is 0.252 e. The molecule has 2 nitrogen and oxygen atoms in total. The molecule has 0 fully saturated rings. The Bertz CT molecular complexity index is 559. The van der Waals surface area contributed by atoms with E-state index in [9.17, 15) is 4.79 Å². The fourth-order valence-electron chi connectivity index (χ4n) is 1.74. The summed E-state index contributed by atoms with van der Waals surface area (Å²) in [5, 5.41) is 2.96. The highest BCUT2D eigenvalue weighted by Crippen LogP contribution is 2.12. The molecule has 0 atom stereocenters. The first kappa shape index (κ1) is 15.4. The maximum Gasteiger partial charge on any atom is 0.252 e. The number of benzene rings is 2. The first-order chi connectivity index (χ1) is 9.77. The lowest BCUT2D eigenvalue weighted by Crippen LogP contribution is -2.26. The van der Waals surface area contributed by atoms with Gasteiger partial charge in [-0.15, -0.1) is 0 Å². The number of amides is 1. The predicted octanol–water partition coefficient (Wildman–Crippen LogP) is 3.95. The quantitative estimate of drug-likeness (QED) is 0.591. The molecule has 1 amide bonds. The maximum atomic E-state index is 12.0. The molecule has 104 valence electrons. The number of nitrogens with one attached hydrogen (secondary N) is 1. The predicted molar refractivity (Wildman–Crippen MR) is 94.1 cm³/mol. The van der Waals surface area contributed by atoms with Gasteiger partial charge >= 0.3 is 0 Å². The summed E-state index contributed by atoms with van der Waals surface area (Å²) in [6.07, 6.45) is 0. The molecule has 2 aromatic carbocycles. The average Bonchev–Trinajstić information content (AvgIpc) is 2.48. The second-order valence-corrected chi connectivity index (χ2v) is 6.54. The van der Waals surface area contributed by atoms with E-state index in [4.69, 9.17) is 0 Å². The Kier molecular flexibility index (Phi) is 6.39. The number of carbonyl (C=O) groups excluding carboxylic acids is 1. The fraction of sp³-hybridized carbons (Fsp3) is 0.188. The van der Waals surface area contributed by atoms with Crippen molar-refractivity contribution < 1.29 is 4.79 Å². The van der Waals surface area contributed by atoms with Gasteiger partial charge in [0, 0.05) is 21.6 Å².